The maximum Gasteiger partial charge on any atom is 0.429 e. The number of fused-ring (bicyclic) bond motifs is 1. The van der Waals surface area contributed by atoms with Gasteiger partial charge in [-0.1, -0.05) is 84.3 Å². The molecule has 14 heteroatoms. The number of hydrogen-bond donors (Lipinski definition) is 0. The van der Waals surface area contributed by atoms with Crippen molar-refractivity contribution in [1.82, 2.24) is 0 Å². The second-order valence-electron chi connectivity index (χ2n) is 24.6. The zero-order valence-electron chi connectivity index (χ0n) is 48.1. The highest BCUT2D eigenvalue weighted by molar-refractivity contribution is 6.74. The molecule has 3 aliphatic carbocycles. The highest BCUT2D eigenvalue weighted by Crippen LogP contribution is 2.61. The molecule has 0 radical (unpaired) electrons. The van der Waals surface area contributed by atoms with Gasteiger partial charge in [0.2, 0.25) is 0 Å². The monoisotopic (exact) mass is 975 g/mol. The Morgan fingerprint density at radius 3 is 1.70 bits per heavy atom. The lowest BCUT2D eigenvalue weighted by Crippen LogP contribution is -2.61. The van der Waals surface area contributed by atoms with Gasteiger partial charge in [-0.25, -0.2) is 0 Å². The number of halogens is 6. The molecule has 0 heterocycles. The maximum absolute atomic E-state index is 14.7. The Bertz CT molecular complexity index is 1760. The van der Waals surface area contributed by atoms with E-state index in [2.05, 4.69) is 86.8 Å². The van der Waals surface area contributed by atoms with E-state index in [9.17, 15) is 26.3 Å². The summed E-state index contributed by atoms with van der Waals surface area (Å²) >= 11 is 0. The van der Waals surface area contributed by atoms with Crippen LogP contribution in [-0.2, 0) is 17.7 Å². The van der Waals surface area contributed by atoms with E-state index >= 15 is 0 Å². The molecule has 0 aromatic carbocycles. The van der Waals surface area contributed by atoms with E-state index in [1.54, 1.807) is 19.6 Å². The Morgan fingerprint density at radius 2 is 1.25 bits per heavy atom. The minimum absolute atomic E-state index is 0.00966. The fourth-order valence-corrected chi connectivity index (χ4v) is 15.1. The van der Waals surface area contributed by atoms with Crippen molar-refractivity contribution in [2.24, 2.45) is 23.2 Å². The van der Waals surface area contributed by atoms with Crippen molar-refractivity contribution < 1.29 is 52.3 Å². The van der Waals surface area contributed by atoms with E-state index in [4.69, 9.17) is 25.9 Å². The van der Waals surface area contributed by atoms with Crippen LogP contribution in [0, 0.1) is 23.2 Å². The van der Waals surface area contributed by atoms with E-state index in [1.807, 2.05) is 0 Å². The summed E-state index contributed by atoms with van der Waals surface area (Å²) in [5.74, 6) is -0.571. The first-order valence-corrected chi connectivity index (χ1v) is 36.1. The van der Waals surface area contributed by atoms with E-state index in [0.717, 1.165) is 51.0 Å². The van der Waals surface area contributed by atoms with Crippen LogP contribution in [-0.4, -0.2) is 69.0 Å². The van der Waals surface area contributed by atoms with Crippen LogP contribution in [0.5, 0.6) is 0 Å². The zero-order valence-corrected chi connectivity index (χ0v) is 46.1. The van der Waals surface area contributed by atoms with E-state index < -0.39 is 76.4 Å². The minimum atomic E-state index is -5.81. The van der Waals surface area contributed by atoms with Crippen LogP contribution in [0.15, 0.2) is 35.5 Å². The van der Waals surface area contributed by atoms with Crippen molar-refractivity contribution in [3.8, 4) is 0 Å². The Morgan fingerprint density at radius 1 is 0.746 bits per heavy atom. The Hall–Kier alpha value is -0.492. The Labute approximate surface area is 393 Å². The molecule has 3 fully saturated rings. The largest absolute Gasteiger partial charge is 0.429 e. The topological polar surface area (TPSA) is 36.9 Å². The first-order chi connectivity index (χ1) is 30.5. The van der Waals surface area contributed by atoms with Crippen molar-refractivity contribution in [2.45, 2.75) is 251 Å². The normalized spacial score (nSPS) is 28.6. The molecular formula is C49H90F6O4Si4. The van der Waals surface area contributed by atoms with Gasteiger partial charge in [-0.3, -0.25) is 0 Å². The molecule has 3 saturated carbocycles. The van der Waals surface area contributed by atoms with Gasteiger partial charge in [0.05, 0.1) is 17.8 Å². The molecule has 0 unspecified atom stereocenters. The molecule has 0 aliphatic heterocycles. The molecule has 63 heavy (non-hydrogen) atoms. The van der Waals surface area contributed by atoms with Gasteiger partial charge >= 0.3 is 12.4 Å². The summed E-state index contributed by atoms with van der Waals surface area (Å²) < 4.78 is 164. The lowest BCUT2D eigenvalue weighted by atomic mass is 9.60. The van der Waals surface area contributed by atoms with Crippen LogP contribution in [0.2, 0.25) is 75.5 Å². The summed E-state index contributed by atoms with van der Waals surface area (Å²) in [5.41, 5.74) is -4.87. The van der Waals surface area contributed by atoms with Gasteiger partial charge in [-0.05, 0) is 189 Å². The molecule has 3 rings (SSSR count). The molecule has 4 nitrogen and oxygen atoms in total. The molecular weight excluding hydrogens is 879 g/mol. The van der Waals surface area contributed by atoms with Crippen molar-refractivity contribution in [3.63, 3.8) is 0 Å². The van der Waals surface area contributed by atoms with Gasteiger partial charge in [0.1, 0.15) is 0 Å². The second kappa shape index (κ2) is 19.9. The van der Waals surface area contributed by atoms with E-state index in [0.29, 0.717) is 6.42 Å². The standard InChI is InChI=1S/C49H90F6O4Si4/c1-43(2,3)62(16,17)56-39-33-36(34-40(35-39)57-63(18,19)44(4,5)6)26-27-38-24-21-31-46(9)41(28-29-42(38)46)37(23-20-30-45(7,8)58-60(10,11)12)25-22-32-47(48(50,51)52,49(53,54)55)59-61(13,14)15/h22,26-27,32,37,39-42H,20-21,23-25,28-31,33-35H2,1-19H3/b32-22-,38-27+/t37-,39+,40+,41+,42-,46+/m0/s1/i7D3,8D3. The molecule has 3 aliphatic rings. The van der Waals surface area contributed by atoms with Gasteiger partial charge in [0, 0.05) is 8.22 Å². The molecule has 0 spiro atoms. The van der Waals surface area contributed by atoms with Crippen molar-refractivity contribution >= 4 is 33.3 Å². The molecule has 0 bridgehead atoms. The van der Waals surface area contributed by atoms with Gasteiger partial charge in [0.15, 0.2) is 33.3 Å². The highest BCUT2D eigenvalue weighted by atomic mass is 28.4. The van der Waals surface area contributed by atoms with Gasteiger partial charge in [-0.15, -0.1) is 0 Å². The summed E-state index contributed by atoms with van der Waals surface area (Å²) in [6.07, 6.45) is -0.00540. The Balaban J connectivity index is 2.13. The third kappa shape index (κ3) is 15.0. The lowest BCUT2D eigenvalue weighted by Gasteiger charge is -2.45. The maximum atomic E-state index is 14.7. The molecule has 0 aromatic rings. The van der Waals surface area contributed by atoms with E-state index in [-0.39, 0.29) is 71.3 Å². The predicted octanol–water partition coefficient (Wildman–Crippen LogP) is 17.1. The first-order valence-electron chi connectivity index (χ1n) is 26.5. The number of allylic oxidation sites excluding steroid dienone is 4. The summed E-state index contributed by atoms with van der Waals surface area (Å²) in [5, 5.41) is 0.0608. The number of rotatable bonds is 17. The zero-order chi connectivity index (χ0) is 53.7. The number of alkyl halides is 6. The first kappa shape index (κ1) is 47.6. The quantitative estimate of drug-likeness (QED) is 0.0827. The lowest BCUT2D eigenvalue weighted by molar-refractivity contribution is -0.340. The molecule has 0 aromatic heterocycles. The molecule has 368 valence electrons. The summed E-state index contributed by atoms with van der Waals surface area (Å²) in [4.78, 5) is 0. The summed E-state index contributed by atoms with van der Waals surface area (Å²) in [6, 6.07) is 0. The smallest absolute Gasteiger partial charge is 0.414 e. The average Bonchev–Trinajstić information content (AvgIpc) is 3.45. The van der Waals surface area contributed by atoms with E-state index in [1.165, 1.54) is 30.8 Å². The van der Waals surface area contributed by atoms with Crippen LogP contribution >= 0.6 is 0 Å². The second-order valence-corrected chi connectivity index (χ2v) is 43.0. The Kier molecular flexibility index (Phi) is 15.0. The van der Waals surface area contributed by atoms with Gasteiger partial charge in [0.25, 0.3) is 5.60 Å². The predicted molar refractivity (Wildman–Crippen MR) is 261 cm³/mol. The van der Waals surface area contributed by atoms with Crippen molar-refractivity contribution in [2.75, 3.05) is 0 Å². The van der Waals surface area contributed by atoms with Crippen LogP contribution in [0.25, 0.3) is 0 Å². The van der Waals surface area contributed by atoms with Crippen LogP contribution < -0.4 is 0 Å². The summed E-state index contributed by atoms with van der Waals surface area (Å²) in [6.45, 7) is 27.7. The van der Waals surface area contributed by atoms with Crippen LogP contribution in [0.1, 0.15) is 147 Å². The molecule has 0 saturated heterocycles. The average molecular weight is 976 g/mol. The number of hydrogen-bond acceptors (Lipinski definition) is 4. The minimum Gasteiger partial charge on any atom is -0.414 e. The molecule has 0 N–H and O–H groups in total. The third-order valence-corrected chi connectivity index (χ3v) is 25.8. The van der Waals surface area contributed by atoms with Crippen molar-refractivity contribution in [3.05, 3.63) is 35.5 Å². The fraction of sp³-hybridized carbons (Fsp3) is 0.878. The van der Waals surface area contributed by atoms with Crippen LogP contribution in [0.3, 0.4) is 0 Å². The fourth-order valence-electron chi connectivity index (χ4n) is 9.97. The van der Waals surface area contributed by atoms with Gasteiger partial charge in [-0.2, -0.15) is 26.3 Å². The van der Waals surface area contributed by atoms with Crippen LogP contribution in [0.4, 0.5) is 26.3 Å². The van der Waals surface area contributed by atoms with Gasteiger partial charge < -0.3 is 17.7 Å². The highest BCUT2D eigenvalue weighted by Gasteiger charge is 2.71. The summed E-state index contributed by atoms with van der Waals surface area (Å²) in [7, 11) is -10.5. The molecule has 6 atom stereocenters. The van der Waals surface area contributed by atoms with Crippen molar-refractivity contribution in [1.29, 1.82) is 0 Å². The molecule has 0 amide bonds. The SMILES string of the molecule is [2H]C([2H])([2H])C(CCC[C@@H](C/C=C\C(O[Si](C)(C)C)(C(F)(F)F)C(F)(F)F)[C@H]1CC[C@H]2/C(=C/C=C3C[C@@H](O[Si](C)(C)C(C)(C)C)C[C@H](O[Si](C)(C)C(C)(C)C)C3)CCC[C@]12C)(O[Si](C)(C)C)C([2H])([2H])[2H]. The third-order valence-electron chi connectivity index (χ3n) is 14.9.